The zero-order chi connectivity index (χ0) is 12.6. The van der Waals surface area contributed by atoms with Crippen LogP contribution in [0.25, 0.3) is 0 Å². The standard InChI is InChI=1S/C11H21N5S/c1-11(2,3)8-14-10(17-4)15-9(16(8)12)13-7-5-6-7/h7-8H,5-6,12H2,1-4H3,(H,13,14,15). The van der Waals surface area contributed by atoms with Crippen LogP contribution in [0.15, 0.2) is 9.98 Å². The molecule has 0 aromatic heterocycles. The van der Waals surface area contributed by atoms with Gasteiger partial charge >= 0.3 is 0 Å². The topological polar surface area (TPSA) is 66.0 Å². The first-order valence-corrected chi connectivity index (χ1v) is 7.15. The molecule has 0 amide bonds. The number of hydrogen-bond donors (Lipinski definition) is 2. The van der Waals surface area contributed by atoms with Gasteiger partial charge in [0.05, 0.1) is 6.04 Å². The third-order valence-corrected chi connectivity index (χ3v) is 3.38. The van der Waals surface area contributed by atoms with Gasteiger partial charge in [0.1, 0.15) is 6.17 Å². The number of amidine groups is 1. The Balaban J connectivity index is 2.26. The first-order chi connectivity index (χ1) is 7.91. The SMILES string of the molecule is CSC1=NC(C(C)(C)C)N(N)C(=NC2CC2)N1. The van der Waals surface area contributed by atoms with Gasteiger partial charge in [-0.1, -0.05) is 32.5 Å². The Morgan fingerprint density at radius 1 is 1.47 bits per heavy atom. The van der Waals surface area contributed by atoms with Crippen molar-refractivity contribution in [3.8, 4) is 0 Å². The van der Waals surface area contributed by atoms with Crippen LogP contribution in [0.1, 0.15) is 33.6 Å². The van der Waals surface area contributed by atoms with Crippen LogP contribution in [0.5, 0.6) is 0 Å². The number of rotatable bonds is 1. The summed E-state index contributed by atoms with van der Waals surface area (Å²) in [5, 5.41) is 5.75. The van der Waals surface area contributed by atoms with Crippen LogP contribution in [-0.4, -0.2) is 34.6 Å². The van der Waals surface area contributed by atoms with Crippen LogP contribution in [0.3, 0.4) is 0 Å². The molecule has 0 bridgehead atoms. The molecule has 0 aromatic rings. The molecule has 2 rings (SSSR count). The monoisotopic (exact) mass is 255 g/mol. The fraction of sp³-hybridized carbons (Fsp3) is 0.818. The summed E-state index contributed by atoms with van der Waals surface area (Å²) in [6.07, 6.45) is 4.28. The molecule has 1 unspecified atom stereocenters. The van der Waals surface area contributed by atoms with Crippen molar-refractivity contribution in [1.82, 2.24) is 10.3 Å². The molecular formula is C11H21N5S. The summed E-state index contributed by atoms with van der Waals surface area (Å²) < 4.78 is 0. The number of nitrogens with two attached hydrogens (primary N) is 1. The third kappa shape index (κ3) is 2.93. The van der Waals surface area contributed by atoms with Crippen molar-refractivity contribution in [2.24, 2.45) is 21.2 Å². The highest BCUT2D eigenvalue weighted by molar-refractivity contribution is 8.13. The highest BCUT2D eigenvalue weighted by Crippen LogP contribution is 2.28. The number of nitrogens with zero attached hydrogens (tertiary/aromatic N) is 3. The van der Waals surface area contributed by atoms with E-state index in [-0.39, 0.29) is 11.6 Å². The molecule has 1 fully saturated rings. The minimum atomic E-state index is -0.0660. The molecule has 17 heavy (non-hydrogen) atoms. The molecule has 1 saturated carbocycles. The van der Waals surface area contributed by atoms with Crippen LogP contribution in [-0.2, 0) is 0 Å². The third-order valence-electron chi connectivity index (χ3n) is 2.79. The largest absolute Gasteiger partial charge is 0.304 e. The van der Waals surface area contributed by atoms with Gasteiger partial charge in [-0.2, -0.15) is 0 Å². The summed E-state index contributed by atoms with van der Waals surface area (Å²) >= 11 is 1.59. The van der Waals surface area contributed by atoms with Crippen LogP contribution in [0.4, 0.5) is 0 Å². The van der Waals surface area contributed by atoms with Gasteiger partial charge < -0.3 is 5.32 Å². The fourth-order valence-corrected chi connectivity index (χ4v) is 2.07. The van der Waals surface area contributed by atoms with E-state index in [1.54, 1.807) is 16.8 Å². The lowest BCUT2D eigenvalue weighted by atomic mass is 9.92. The van der Waals surface area contributed by atoms with Gasteiger partial charge in [-0.15, -0.1) is 0 Å². The number of nitrogens with one attached hydrogen (secondary N) is 1. The van der Waals surface area contributed by atoms with Gasteiger partial charge in [0.15, 0.2) is 5.17 Å². The minimum absolute atomic E-state index is 0.0118. The van der Waals surface area contributed by atoms with Gasteiger partial charge in [-0.3, -0.25) is 5.01 Å². The summed E-state index contributed by atoms with van der Waals surface area (Å²) in [5.74, 6) is 6.88. The van der Waals surface area contributed by atoms with Crippen molar-refractivity contribution in [3.05, 3.63) is 0 Å². The zero-order valence-electron chi connectivity index (χ0n) is 10.9. The van der Waals surface area contributed by atoms with Crippen LogP contribution < -0.4 is 11.2 Å². The lowest BCUT2D eigenvalue weighted by Gasteiger charge is -2.39. The average molecular weight is 255 g/mol. The smallest absolute Gasteiger partial charge is 0.216 e. The number of hydrogen-bond acceptors (Lipinski definition) is 4. The van der Waals surface area contributed by atoms with E-state index in [0.29, 0.717) is 6.04 Å². The van der Waals surface area contributed by atoms with Crippen molar-refractivity contribution in [2.45, 2.75) is 45.8 Å². The Hall–Kier alpha value is -0.750. The van der Waals surface area contributed by atoms with Crippen LogP contribution in [0, 0.1) is 5.41 Å². The number of thioether (sulfide) groups is 1. The van der Waals surface area contributed by atoms with Gasteiger partial charge in [0.2, 0.25) is 5.96 Å². The van der Waals surface area contributed by atoms with E-state index in [9.17, 15) is 0 Å². The summed E-state index contributed by atoms with van der Waals surface area (Å²) in [4.78, 5) is 9.22. The molecule has 2 aliphatic rings. The maximum absolute atomic E-state index is 6.13. The van der Waals surface area contributed by atoms with Crippen molar-refractivity contribution >= 4 is 22.9 Å². The highest BCUT2D eigenvalue weighted by atomic mass is 32.2. The first kappa shape index (κ1) is 12.7. The second-order valence-corrected chi connectivity index (χ2v) is 6.39. The molecule has 96 valence electrons. The maximum atomic E-state index is 6.13. The Labute approximate surface area is 107 Å². The quantitative estimate of drug-likeness (QED) is 0.695. The van der Waals surface area contributed by atoms with Crippen molar-refractivity contribution in [2.75, 3.05) is 6.26 Å². The lowest BCUT2D eigenvalue weighted by Crippen LogP contribution is -2.59. The second kappa shape index (κ2) is 4.49. The number of hydrazine groups is 1. The van der Waals surface area contributed by atoms with Gasteiger partial charge in [-0.05, 0) is 19.1 Å². The summed E-state index contributed by atoms with van der Waals surface area (Å²) in [5.41, 5.74) is -0.0118. The maximum Gasteiger partial charge on any atom is 0.216 e. The predicted molar refractivity (Wildman–Crippen MR) is 73.8 cm³/mol. The fourth-order valence-electron chi connectivity index (χ4n) is 1.67. The molecule has 1 atom stereocenters. The molecule has 0 saturated heterocycles. The molecule has 5 nitrogen and oxygen atoms in total. The van der Waals surface area contributed by atoms with Crippen LogP contribution >= 0.6 is 11.8 Å². The van der Waals surface area contributed by atoms with Crippen molar-refractivity contribution < 1.29 is 0 Å². The van der Waals surface area contributed by atoms with Crippen LogP contribution in [0.2, 0.25) is 0 Å². The summed E-state index contributed by atoms with van der Waals surface area (Å²) in [7, 11) is 0. The van der Waals surface area contributed by atoms with Gasteiger partial charge in [0.25, 0.3) is 0 Å². The summed E-state index contributed by atoms with van der Waals surface area (Å²) in [6, 6.07) is 0.449. The summed E-state index contributed by atoms with van der Waals surface area (Å²) in [6.45, 7) is 6.41. The van der Waals surface area contributed by atoms with E-state index in [1.165, 1.54) is 12.8 Å². The Bertz CT molecular complexity index is 353. The Morgan fingerprint density at radius 3 is 2.59 bits per heavy atom. The van der Waals surface area contributed by atoms with Gasteiger partial charge in [-0.25, -0.2) is 15.8 Å². The van der Waals surface area contributed by atoms with E-state index in [4.69, 9.17) is 5.84 Å². The van der Waals surface area contributed by atoms with E-state index in [2.05, 4.69) is 36.1 Å². The molecule has 0 aromatic carbocycles. The molecule has 0 radical (unpaired) electrons. The number of aliphatic imine (C=N–C) groups is 2. The number of guanidine groups is 1. The second-order valence-electron chi connectivity index (χ2n) is 5.59. The first-order valence-electron chi connectivity index (χ1n) is 5.92. The molecule has 1 heterocycles. The molecule has 0 spiro atoms. The molecular weight excluding hydrogens is 234 g/mol. The predicted octanol–water partition coefficient (Wildman–Crippen LogP) is 1.37. The van der Waals surface area contributed by atoms with Crippen molar-refractivity contribution in [3.63, 3.8) is 0 Å². The normalized spacial score (nSPS) is 28.1. The zero-order valence-corrected chi connectivity index (χ0v) is 11.7. The Kier molecular flexibility index (Phi) is 3.36. The molecule has 3 N–H and O–H groups in total. The molecule has 1 aliphatic heterocycles. The van der Waals surface area contributed by atoms with E-state index in [0.717, 1.165) is 11.1 Å². The van der Waals surface area contributed by atoms with Crippen molar-refractivity contribution in [1.29, 1.82) is 0 Å². The van der Waals surface area contributed by atoms with E-state index in [1.807, 2.05) is 6.26 Å². The average Bonchev–Trinajstić information content (AvgIpc) is 3.03. The minimum Gasteiger partial charge on any atom is -0.304 e. The Morgan fingerprint density at radius 2 is 2.12 bits per heavy atom. The van der Waals surface area contributed by atoms with Gasteiger partial charge in [0, 0.05) is 5.41 Å². The van der Waals surface area contributed by atoms with E-state index < -0.39 is 0 Å². The molecule has 1 aliphatic carbocycles. The highest BCUT2D eigenvalue weighted by Gasteiger charge is 2.35. The molecule has 6 heteroatoms. The lowest BCUT2D eigenvalue weighted by molar-refractivity contribution is 0.168. The van der Waals surface area contributed by atoms with E-state index >= 15 is 0 Å².